The van der Waals surface area contributed by atoms with Crippen molar-refractivity contribution in [3.8, 4) is 0 Å². The van der Waals surface area contributed by atoms with Crippen molar-refractivity contribution >= 4 is 29.3 Å². The Bertz CT molecular complexity index is 805. The zero-order chi connectivity index (χ0) is 20.8. The fourth-order valence-electron chi connectivity index (χ4n) is 3.97. The minimum Gasteiger partial charge on any atom is -0.384 e. The molecule has 4 amide bonds. The Morgan fingerprint density at radius 3 is 2.45 bits per heavy atom. The first-order valence-electron chi connectivity index (χ1n) is 10.6. The standard InChI is InChI=1S/C22H29N3O4/c1-2-3-4-5-6-7-8-14-23-16-11-9-10-15-19(16)22(29)25(21(15)28)17-12-13-18(26)24-20(17)27/h9-11,17,23H,2-8,12-14H2,1H3,(H,24,26,27). The number of amides is 4. The minimum absolute atomic E-state index is 0.118. The molecule has 1 unspecified atom stereocenters. The summed E-state index contributed by atoms with van der Waals surface area (Å²) in [5.74, 6) is -1.91. The van der Waals surface area contributed by atoms with Crippen LogP contribution in [0.4, 0.5) is 5.69 Å². The van der Waals surface area contributed by atoms with Crippen LogP contribution in [0, 0.1) is 0 Å². The van der Waals surface area contributed by atoms with Gasteiger partial charge in [-0.05, 0) is 25.0 Å². The summed E-state index contributed by atoms with van der Waals surface area (Å²) in [5, 5.41) is 5.50. The molecule has 2 aliphatic heterocycles. The van der Waals surface area contributed by atoms with E-state index in [9.17, 15) is 19.2 Å². The SMILES string of the molecule is CCCCCCCCCNc1cccc2c1C(=O)N(C1CCC(=O)NC1=O)C2=O. The van der Waals surface area contributed by atoms with Crippen LogP contribution in [0.15, 0.2) is 18.2 Å². The normalized spacial score (nSPS) is 18.8. The Balaban J connectivity index is 1.61. The zero-order valence-corrected chi connectivity index (χ0v) is 17.0. The maximum Gasteiger partial charge on any atom is 0.264 e. The van der Waals surface area contributed by atoms with Crippen molar-refractivity contribution in [1.82, 2.24) is 10.2 Å². The lowest BCUT2D eigenvalue weighted by Crippen LogP contribution is -2.54. The van der Waals surface area contributed by atoms with Crippen LogP contribution in [0.2, 0.25) is 0 Å². The minimum atomic E-state index is -0.934. The van der Waals surface area contributed by atoms with Gasteiger partial charge in [-0.25, -0.2) is 0 Å². The first-order valence-corrected chi connectivity index (χ1v) is 10.6. The van der Waals surface area contributed by atoms with Gasteiger partial charge in [0.2, 0.25) is 11.8 Å². The summed E-state index contributed by atoms with van der Waals surface area (Å²) in [5.41, 5.74) is 1.26. The number of carbonyl (C=O) groups excluding carboxylic acids is 4. The molecule has 1 atom stereocenters. The van der Waals surface area contributed by atoms with Crippen molar-refractivity contribution in [2.24, 2.45) is 0 Å². The maximum absolute atomic E-state index is 13.0. The van der Waals surface area contributed by atoms with Crippen LogP contribution in [0.3, 0.4) is 0 Å². The van der Waals surface area contributed by atoms with E-state index < -0.39 is 23.8 Å². The van der Waals surface area contributed by atoms with Crippen LogP contribution >= 0.6 is 0 Å². The van der Waals surface area contributed by atoms with Crippen LogP contribution in [-0.2, 0) is 9.59 Å². The Hall–Kier alpha value is -2.70. The van der Waals surface area contributed by atoms with E-state index in [0.717, 1.165) is 24.3 Å². The highest BCUT2D eigenvalue weighted by molar-refractivity contribution is 6.25. The molecule has 3 rings (SSSR count). The van der Waals surface area contributed by atoms with Gasteiger partial charge in [0.1, 0.15) is 6.04 Å². The first kappa shape index (κ1) is 21.0. The second kappa shape index (κ2) is 9.67. The number of carbonyl (C=O) groups is 4. The Morgan fingerprint density at radius 2 is 1.72 bits per heavy atom. The van der Waals surface area contributed by atoms with E-state index in [-0.39, 0.29) is 18.7 Å². The van der Waals surface area contributed by atoms with Gasteiger partial charge < -0.3 is 5.32 Å². The molecule has 0 spiro atoms. The number of unbranched alkanes of at least 4 members (excludes halogenated alkanes) is 6. The molecule has 1 fully saturated rings. The fourth-order valence-corrected chi connectivity index (χ4v) is 3.97. The maximum atomic E-state index is 13.0. The quantitative estimate of drug-likeness (QED) is 0.465. The molecule has 1 saturated heterocycles. The predicted octanol–water partition coefficient (Wildman–Crippen LogP) is 3.25. The summed E-state index contributed by atoms with van der Waals surface area (Å²) in [7, 11) is 0. The van der Waals surface area contributed by atoms with Crippen LogP contribution in [-0.4, -0.2) is 41.1 Å². The summed E-state index contributed by atoms with van der Waals surface area (Å²) in [6.07, 6.45) is 8.66. The van der Waals surface area contributed by atoms with Gasteiger partial charge in [0, 0.05) is 18.7 Å². The van der Waals surface area contributed by atoms with Crippen LogP contribution in [0.5, 0.6) is 0 Å². The second-order valence-corrected chi connectivity index (χ2v) is 7.72. The second-order valence-electron chi connectivity index (χ2n) is 7.72. The number of piperidine rings is 1. The average molecular weight is 399 g/mol. The van der Waals surface area contributed by atoms with Crippen LogP contribution in [0.25, 0.3) is 0 Å². The Labute approximate surface area is 171 Å². The summed E-state index contributed by atoms with van der Waals surface area (Å²) < 4.78 is 0. The Morgan fingerprint density at radius 1 is 1.00 bits per heavy atom. The molecule has 2 heterocycles. The molecule has 7 nitrogen and oxygen atoms in total. The van der Waals surface area contributed by atoms with E-state index in [2.05, 4.69) is 17.6 Å². The first-order chi connectivity index (χ1) is 14.0. The van der Waals surface area contributed by atoms with Gasteiger partial charge in [0.05, 0.1) is 11.1 Å². The highest BCUT2D eigenvalue weighted by Gasteiger charge is 2.45. The fraction of sp³-hybridized carbons (Fsp3) is 0.545. The van der Waals surface area contributed by atoms with Gasteiger partial charge in [-0.15, -0.1) is 0 Å². The van der Waals surface area contributed by atoms with E-state index in [4.69, 9.17) is 0 Å². The number of imide groups is 2. The molecule has 156 valence electrons. The smallest absolute Gasteiger partial charge is 0.264 e. The zero-order valence-electron chi connectivity index (χ0n) is 17.0. The van der Waals surface area contributed by atoms with Gasteiger partial charge >= 0.3 is 0 Å². The van der Waals surface area contributed by atoms with E-state index in [1.54, 1.807) is 18.2 Å². The highest BCUT2D eigenvalue weighted by Crippen LogP contribution is 2.32. The van der Waals surface area contributed by atoms with Crippen molar-refractivity contribution < 1.29 is 19.2 Å². The molecule has 1 aromatic carbocycles. The number of nitrogens with one attached hydrogen (secondary N) is 2. The molecule has 0 aromatic heterocycles. The molecule has 0 saturated carbocycles. The van der Waals surface area contributed by atoms with Crippen molar-refractivity contribution in [3.05, 3.63) is 29.3 Å². The topological polar surface area (TPSA) is 95.6 Å². The van der Waals surface area contributed by atoms with E-state index in [1.165, 1.54) is 32.1 Å². The van der Waals surface area contributed by atoms with E-state index in [0.29, 0.717) is 16.8 Å². The molecule has 2 N–H and O–H groups in total. The number of anilines is 1. The van der Waals surface area contributed by atoms with E-state index >= 15 is 0 Å². The highest BCUT2D eigenvalue weighted by atomic mass is 16.2. The lowest BCUT2D eigenvalue weighted by atomic mass is 10.0. The van der Waals surface area contributed by atoms with Gasteiger partial charge in [0.15, 0.2) is 0 Å². The van der Waals surface area contributed by atoms with Crippen molar-refractivity contribution in [2.45, 2.75) is 70.8 Å². The van der Waals surface area contributed by atoms with Crippen LogP contribution < -0.4 is 10.6 Å². The third kappa shape index (κ3) is 4.66. The number of hydrogen-bond donors (Lipinski definition) is 2. The third-order valence-electron chi connectivity index (χ3n) is 5.56. The van der Waals surface area contributed by atoms with Gasteiger partial charge in [-0.3, -0.25) is 29.4 Å². The summed E-state index contributed by atoms with van der Waals surface area (Å²) in [4.78, 5) is 50.3. The van der Waals surface area contributed by atoms with Crippen LogP contribution in [0.1, 0.15) is 85.4 Å². The Kier molecular flexibility index (Phi) is 7.01. The lowest BCUT2D eigenvalue weighted by Gasteiger charge is -2.27. The van der Waals surface area contributed by atoms with Gasteiger partial charge in [-0.2, -0.15) is 0 Å². The molecule has 1 aromatic rings. The molecule has 0 radical (unpaired) electrons. The number of hydrogen-bond acceptors (Lipinski definition) is 5. The third-order valence-corrected chi connectivity index (χ3v) is 5.56. The van der Waals surface area contributed by atoms with Crippen molar-refractivity contribution in [1.29, 1.82) is 0 Å². The van der Waals surface area contributed by atoms with Crippen molar-refractivity contribution in [3.63, 3.8) is 0 Å². The lowest BCUT2D eigenvalue weighted by molar-refractivity contribution is -0.136. The summed E-state index contributed by atoms with van der Waals surface area (Å²) in [6, 6.07) is 4.21. The number of benzene rings is 1. The number of rotatable bonds is 10. The van der Waals surface area contributed by atoms with Gasteiger partial charge in [0.25, 0.3) is 11.8 Å². The summed E-state index contributed by atoms with van der Waals surface area (Å²) >= 11 is 0. The molecular weight excluding hydrogens is 370 g/mol. The average Bonchev–Trinajstić information content (AvgIpc) is 2.95. The number of fused-ring (bicyclic) bond motifs is 1. The predicted molar refractivity (Wildman–Crippen MR) is 110 cm³/mol. The molecular formula is C22H29N3O4. The molecule has 29 heavy (non-hydrogen) atoms. The summed E-state index contributed by atoms with van der Waals surface area (Å²) in [6.45, 7) is 2.93. The van der Waals surface area contributed by atoms with E-state index in [1.807, 2.05) is 0 Å². The monoisotopic (exact) mass is 399 g/mol. The number of nitrogens with zero attached hydrogens (tertiary/aromatic N) is 1. The van der Waals surface area contributed by atoms with Gasteiger partial charge in [-0.1, -0.05) is 51.5 Å². The molecule has 0 bridgehead atoms. The van der Waals surface area contributed by atoms with Crippen molar-refractivity contribution in [2.75, 3.05) is 11.9 Å². The molecule has 0 aliphatic carbocycles. The largest absolute Gasteiger partial charge is 0.384 e. The molecule has 7 heteroatoms. The molecule has 2 aliphatic rings.